The fourth-order valence-corrected chi connectivity index (χ4v) is 2.05. The lowest BCUT2D eigenvalue weighted by molar-refractivity contribution is 0.167. The van der Waals surface area contributed by atoms with E-state index in [0.29, 0.717) is 46.5 Å². The molecule has 2 aromatic rings. The number of nitrogens with zero attached hydrogens (tertiary/aromatic N) is 2. The van der Waals surface area contributed by atoms with E-state index in [4.69, 9.17) is 25.8 Å². The Morgan fingerprint density at radius 2 is 2.00 bits per heavy atom. The molecule has 1 aromatic carbocycles. The SMILES string of the molecule is COc1cc2ncnc(Cl)c2c2c1OCCO2. The normalized spacial score (nSPS) is 13.8. The number of fused-ring (bicyclic) bond motifs is 3. The van der Waals surface area contributed by atoms with Gasteiger partial charge in [-0.3, -0.25) is 0 Å². The van der Waals surface area contributed by atoms with E-state index in [1.807, 2.05) is 0 Å². The lowest BCUT2D eigenvalue weighted by Gasteiger charge is -2.21. The molecule has 0 bridgehead atoms. The molecule has 5 nitrogen and oxygen atoms in total. The van der Waals surface area contributed by atoms with E-state index in [9.17, 15) is 0 Å². The second-order valence-corrected chi connectivity index (χ2v) is 3.85. The van der Waals surface area contributed by atoms with E-state index in [2.05, 4.69) is 9.97 Å². The number of benzene rings is 1. The summed E-state index contributed by atoms with van der Waals surface area (Å²) in [5, 5.41) is 1.00. The number of methoxy groups -OCH3 is 1. The topological polar surface area (TPSA) is 53.5 Å². The standard InChI is InChI=1S/C11H9ClN2O3/c1-15-7-4-6-8(11(12)14-5-13-6)10-9(7)16-2-3-17-10/h4-5H,2-3H2,1H3. The molecule has 17 heavy (non-hydrogen) atoms. The van der Waals surface area contributed by atoms with Gasteiger partial charge in [0.05, 0.1) is 18.0 Å². The van der Waals surface area contributed by atoms with Crippen LogP contribution in [0.15, 0.2) is 12.4 Å². The molecule has 0 fully saturated rings. The highest BCUT2D eigenvalue weighted by molar-refractivity contribution is 6.34. The first-order valence-electron chi connectivity index (χ1n) is 5.08. The molecule has 0 atom stereocenters. The summed E-state index contributed by atoms with van der Waals surface area (Å²) in [5.74, 6) is 1.70. The summed E-state index contributed by atoms with van der Waals surface area (Å²) in [6.07, 6.45) is 1.40. The van der Waals surface area contributed by atoms with Gasteiger partial charge in [0.2, 0.25) is 5.75 Å². The third-order valence-electron chi connectivity index (χ3n) is 2.55. The molecule has 0 saturated heterocycles. The number of hydrogen-bond acceptors (Lipinski definition) is 5. The number of halogens is 1. The van der Waals surface area contributed by atoms with Crippen LogP contribution in [0.2, 0.25) is 5.15 Å². The molecular formula is C11H9ClN2O3. The van der Waals surface area contributed by atoms with Crippen LogP contribution in [-0.2, 0) is 0 Å². The predicted molar refractivity (Wildman–Crippen MR) is 62.1 cm³/mol. The molecule has 88 valence electrons. The molecule has 0 saturated carbocycles. The Bertz CT molecular complexity index is 588. The second kappa shape index (κ2) is 3.92. The zero-order valence-electron chi connectivity index (χ0n) is 9.07. The second-order valence-electron chi connectivity index (χ2n) is 3.49. The molecule has 0 unspecified atom stereocenters. The first kappa shape index (κ1) is 10.4. The fourth-order valence-electron chi connectivity index (χ4n) is 1.82. The third-order valence-corrected chi connectivity index (χ3v) is 2.84. The molecule has 0 spiro atoms. The van der Waals surface area contributed by atoms with Crippen LogP contribution >= 0.6 is 11.6 Å². The van der Waals surface area contributed by atoms with E-state index in [-0.39, 0.29) is 0 Å². The maximum absolute atomic E-state index is 6.06. The van der Waals surface area contributed by atoms with E-state index >= 15 is 0 Å². The van der Waals surface area contributed by atoms with Gasteiger partial charge in [-0.25, -0.2) is 9.97 Å². The van der Waals surface area contributed by atoms with Crippen molar-refractivity contribution in [2.75, 3.05) is 20.3 Å². The molecule has 0 N–H and O–H groups in total. The van der Waals surface area contributed by atoms with E-state index < -0.39 is 0 Å². The van der Waals surface area contributed by atoms with Crippen LogP contribution in [0.4, 0.5) is 0 Å². The lowest BCUT2D eigenvalue weighted by Crippen LogP contribution is -2.16. The summed E-state index contributed by atoms with van der Waals surface area (Å²) in [4.78, 5) is 8.10. The Kier molecular flexibility index (Phi) is 2.40. The van der Waals surface area contributed by atoms with Crippen molar-refractivity contribution < 1.29 is 14.2 Å². The number of rotatable bonds is 1. The molecule has 0 aliphatic carbocycles. The van der Waals surface area contributed by atoms with Crippen molar-refractivity contribution in [3.8, 4) is 17.2 Å². The average molecular weight is 253 g/mol. The van der Waals surface area contributed by atoms with Crippen molar-refractivity contribution in [1.29, 1.82) is 0 Å². The van der Waals surface area contributed by atoms with Crippen molar-refractivity contribution in [3.05, 3.63) is 17.5 Å². The van der Waals surface area contributed by atoms with Crippen LogP contribution in [0, 0.1) is 0 Å². The Balaban J connectivity index is 2.40. The van der Waals surface area contributed by atoms with E-state index in [1.165, 1.54) is 6.33 Å². The Labute approximate surface area is 102 Å². The molecule has 1 aromatic heterocycles. The van der Waals surface area contributed by atoms with Gasteiger partial charge in [0.1, 0.15) is 24.7 Å². The van der Waals surface area contributed by atoms with Gasteiger partial charge in [0.15, 0.2) is 11.5 Å². The average Bonchev–Trinajstić information content (AvgIpc) is 2.37. The maximum Gasteiger partial charge on any atom is 0.204 e. The summed E-state index contributed by atoms with van der Waals surface area (Å²) < 4.78 is 16.4. The quantitative estimate of drug-likeness (QED) is 0.727. The largest absolute Gasteiger partial charge is 0.493 e. The van der Waals surface area contributed by atoms with Crippen LogP contribution in [0.5, 0.6) is 17.2 Å². The Hall–Kier alpha value is -1.75. The van der Waals surface area contributed by atoms with Crippen LogP contribution in [0.1, 0.15) is 0 Å². The minimum absolute atomic E-state index is 0.347. The van der Waals surface area contributed by atoms with E-state index in [1.54, 1.807) is 13.2 Å². The maximum atomic E-state index is 6.06. The van der Waals surface area contributed by atoms with Crippen molar-refractivity contribution in [3.63, 3.8) is 0 Å². The number of hydrogen-bond donors (Lipinski definition) is 0. The molecule has 0 radical (unpaired) electrons. The minimum atomic E-state index is 0.347. The highest BCUT2D eigenvalue weighted by atomic mass is 35.5. The first-order valence-corrected chi connectivity index (χ1v) is 5.46. The molecule has 3 rings (SSSR count). The van der Waals surface area contributed by atoms with Gasteiger partial charge in [-0.15, -0.1) is 0 Å². The summed E-state index contributed by atoms with van der Waals surface area (Å²) >= 11 is 6.06. The van der Waals surface area contributed by atoms with Gasteiger partial charge >= 0.3 is 0 Å². The highest BCUT2D eigenvalue weighted by Gasteiger charge is 2.23. The first-order chi connectivity index (χ1) is 8.31. The van der Waals surface area contributed by atoms with Gasteiger partial charge in [0, 0.05) is 6.07 Å². The number of aromatic nitrogens is 2. The molecule has 1 aliphatic heterocycles. The molecule has 6 heteroatoms. The minimum Gasteiger partial charge on any atom is -0.493 e. The van der Waals surface area contributed by atoms with Gasteiger partial charge in [-0.05, 0) is 0 Å². The molecule has 2 heterocycles. The zero-order chi connectivity index (χ0) is 11.8. The lowest BCUT2D eigenvalue weighted by atomic mass is 10.2. The van der Waals surface area contributed by atoms with Crippen molar-refractivity contribution >= 4 is 22.5 Å². The highest BCUT2D eigenvalue weighted by Crippen LogP contribution is 2.46. The van der Waals surface area contributed by atoms with Crippen molar-refractivity contribution in [2.24, 2.45) is 0 Å². The van der Waals surface area contributed by atoms with Crippen LogP contribution in [-0.4, -0.2) is 30.3 Å². The van der Waals surface area contributed by atoms with Gasteiger partial charge in [0.25, 0.3) is 0 Å². The van der Waals surface area contributed by atoms with Crippen molar-refractivity contribution in [1.82, 2.24) is 9.97 Å². The smallest absolute Gasteiger partial charge is 0.204 e. The fraction of sp³-hybridized carbons (Fsp3) is 0.273. The monoisotopic (exact) mass is 252 g/mol. The third kappa shape index (κ3) is 1.54. The van der Waals surface area contributed by atoms with Crippen LogP contribution in [0.3, 0.4) is 0 Å². The Morgan fingerprint density at radius 3 is 2.76 bits per heavy atom. The predicted octanol–water partition coefficient (Wildman–Crippen LogP) is 2.06. The van der Waals surface area contributed by atoms with Gasteiger partial charge in [-0.1, -0.05) is 11.6 Å². The summed E-state index contributed by atoms with van der Waals surface area (Å²) in [6.45, 7) is 0.959. The summed E-state index contributed by atoms with van der Waals surface area (Å²) in [5.41, 5.74) is 0.672. The van der Waals surface area contributed by atoms with Gasteiger partial charge < -0.3 is 14.2 Å². The zero-order valence-corrected chi connectivity index (χ0v) is 9.82. The van der Waals surface area contributed by atoms with E-state index in [0.717, 1.165) is 0 Å². The van der Waals surface area contributed by atoms with Crippen LogP contribution < -0.4 is 14.2 Å². The summed E-state index contributed by atoms with van der Waals surface area (Å²) in [7, 11) is 1.57. The van der Waals surface area contributed by atoms with Crippen LogP contribution in [0.25, 0.3) is 10.9 Å². The molecule has 1 aliphatic rings. The number of ether oxygens (including phenoxy) is 3. The summed E-state index contributed by atoms with van der Waals surface area (Å²) in [6, 6.07) is 1.76. The molecule has 0 amide bonds. The molecular weight excluding hydrogens is 244 g/mol. The van der Waals surface area contributed by atoms with Crippen molar-refractivity contribution in [2.45, 2.75) is 0 Å². The Morgan fingerprint density at radius 1 is 1.24 bits per heavy atom. The van der Waals surface area contributed by atoms with Gasteiger partial charge in [-0.2, -0.15) is 0 Å².